The largest absolute Gasteiger partial charge is 0.382 e. The number of nitrogen functional groups attached to an aromatic ring is 1. The Kier molecular flexibility index (Phi) is 6.79. The maximum absolute atomic E-state index is 12.0. The molecule has 3 heterocycles. The molecule has 122 valence electrons. The summed E-state index contributed by atoms with van der Waals surface area (Å²) in [7, 11) is 0. The summed E-state index contributed by atoms with van der Waals surface area (Å²) in [5.41, 5.74) is 6.82. The van der Waals surface area contributed by atoms with E-state index in [1.807, 2.05) is 0 Å². The van der Waals surface area contributed by atoms with Gasteiger partial charge in [0.2, 0.25) is 5.91 Å². The number of piperidine rings is 1. The zero-order valence-corrected chi connectivity index (χ0v) is 13.5. The van der Waals surface area contributed by atoms with E-state index in [-0.39, 0.29) is 43.3 Å². The van der Waals surface area contributed by atoms with Gasteiger partial charge >= 0.3 is 0 Å². The molecule has 3 rings (SSSR count). The Bertz CT molecular complexity index is 627. The smallest absolute Gasteiger partial charge is 0.240 e. The number of amides is 1. The molecule has 4 N–H and O–H groups in total. The molecule has 0 unspecified atom stereocenters. The highest BCUT2D eigenvalue weighted by molar-refractivity contribution is 5.85. The summed E-state index contributed by atoms with van der Waals surface area (Å²) in [6.45, 7) is 2.03. The van der Waals surface area contributed by atoms with E-state index in [1.165, 1.54) is 6.33 Å². The number of anilines is 1. The van der Waals surface area contributed by atoms with Crippen molar-refractivity contribution in [2.24, 2.45) is 0 Å². The number of nitrogens with one attached hydrogen (secondary N) is 2. The number of nitrogens with zero attached hydrogens (tertiary/aromatic N) is 4. The molecule has 0 aromatic carbocycles. The van der Waals surface area contributed by atoms with Crippen LogP contribution in [0.15, 0.2) is 12.7 Å². The molecule has 1 fully saturated rings. The van der Waals surface area contributed by atoms with Gasteiger partial charge in [0.15, 0.2) is 11.5 Å². The van der Waals surface area contributed by atoms with Crippen LogP contribution in [0.3, 0.4) is 0 Å². The van der Waals surface area contributed by atoms with Crippen LogP contribution in [0.4, 0.5) is 5.82 Å². The van der Waals surface area contributed by atoms with Crippen LogP contribution in [0.25, 0.3) is 11.2 Å². The van der Waals surface area contributed by atoms with Crippen LogP contribution in [-0.2, 0) is 11.3 Å². The normalized spacial score (nSPS) is 17.4. The molecule has 10 heteroatoms. The SMILES string of the molecule is Cl.Cl.Nc1ncnc2c1ncn2CC(=O)N[C@H]1CCCNC1. The zero-order valence-electron chi connectivity index (χ0n) is 11.9. The highest BCUT2D eigenvalue weighted by Crippen LogP contribution is 2.13. The molecule has 2 aromatic heterocycles. The van der Waals surface area contributed by atoms with Crippen molar-refractivity contribution in [3.63, 3.8) is 0 Å². The Hall–Kier alpha value is -1.64. The lowest BCUT2D eigenvalue weighted by Gasteiger charge is -2.23. The molecule has 0 radical (unpaired) electrons. The van der Waals surface area contributed by atoms with Crippen molar-refractivity contribution in [3.05, 3.63) is 12.7 Å². The summed E-state index contributed by atoms with van der Waals surface area (Å²) >= 11 is 0. The number of carbonyl (C=O) groups is 1. The van der Waals surface area contributed by atoms with E-state index in [4.69, 9.17) is 5.73 Å². The third-order valence-corrected chi connectivity index (χ3v) is 3.41. The fourth-order valence-corrected chi connectivity index (χ4v) is 2.42. The number of hydrogen-bond donors (Lipinski definition) is 3. The number of imidazole rings is 1. The van der Waals surface area contributed by atoms with Gasteiger partial charge in [-0.15, -0.1) is 24.8 Å². The Morgan fingerprint density at radius 1 is 1.41 bits per heavy atom. The standard InChI is InChI=1S/C12H17N7O.2ClH/c13-11-10-12(16-6-15-11)19(7-17-10)5-9(20)18-8-2-1-3-14-4-8;;/h6-8,14H,1-5H2,(H,18,20)(H2,13,15,16);2*1H/t8-;;/m0../s1. The fraction of sp³-hybridized carbons (Fsp3) is 0.500. The number of rotatable bonds is 3. The number of carbonyl (C=O) groups excluding carboxylic acids is 1. The first-order valence-corrected chi connectivity index (χ1v) is 6.65. The van der Waals surface area contributed by atoms with Crippen molar-refractivity contribution >= 4 is 47.7 Å². The van der Waals surface area contributed by atoms with Crippen LogP contribution in [0.1, 0.15) is 12.8 Å². The number of aromatic nitrogens is 4. The Balaban J connectivity index is 0.00000121. The first-order valence-electron chi connectivity index (χ1n) is 6.65. The lowest BCUT2D eigenvalue weighted by Crippen LogP contribution is -2.46. The zero-order chi connectivity index (χ0) is 13.9. The second kappa shape index (κ2) is 8.11. The van der Waals surface area contributed by atoms with Crippen molar-refractivity contribution in [2.45, 2.75) is 25.4 Å². The monoisotopic (exact) mass is 347 g/mol. The van der Waals surface area contributed by atoms with Crippen LogP contribution in [0.2, 0.25) is 0 Å². The number of nitrogens with two attached hydrogens (primary N) is 1. The second-order valence-corrected chi connectivity index (χ2v) is 4.91. The van der Waals surface area contributed by atoms with Crippen molar-refractivity contribution in [1.29, 1.82) is 0 Å². The average molecular weight is 348 g/mol. The predicted molar refractivity (Wildman–Crippen MR) is 88.3 cm³/mol. The van der Waals surface area contributed by atoms with Crippen molar-refractivity contribution < 1.29 is 4.79 Å². The Morgan fingerprint density at radius 2 is 2.23 bits per heavy atom. The van der Waals surface area contributed by atoms with E-state index in [9.17, 15) is 4.79 Å². The molecule has 2 aromatic rings. The van der Waals surface area contributed by atoms with E-state index >= 15 is 0 Å². The summed E-state index contributed by atoms with van der Waals surface area (Å²) in [6.07, 6.45) is 5.04. The van der Waals surface area contributed by atoms with Crippen LogP contribution in [0.5, 0.6) is 0 Å². The van der Waals surface area contributed by atoms with E-state index in [2.05, 4.69) is 25.6 Å². The van der Waals surface area contributed by atoms with Gasteiger partial charge in [-0.05, 0) is 19.4 Å². The summed E-state index contributed by atoms with van der Waals surface area (Å²) < 4.78 is 1.68. The van der Waals surface area contributed by atoms with Crippen molar-refractivity contribution in [1.82, 2.24) is 30.2 Å². The maximum atomic E-state index is 12.0. The van der Waals surface area contributed by atoms with Gasteiger partial charge in [-0.25, -0.2) is 15.0 Å². The molecular formula is C12H19Cl2N7O. The minimum atomic E-state index is -0.0461. The van der Waals surface area contributed by atoms with E-state index in [0.717, 1.165) is 25.9 Å². The van der Waals surface area contributed by atoms with Crippen molar-refractivity contribution in [2.75, 3.05) is 18.8 Å². The van der Waals surface area contributed by atoms with Crippen LogP contribution in [0, 0.1) is 0 Å². The Morgan fingerprint density at radius 3 is 2.95 bits per heavy atom. The van der Waals surface area contributed by atoms with Crippen LogP contribution < -0.4 is 16.4 Å². The molecule has 1 amide bonds. The van der Waals surface area contributed by atoms with Gasteiger partial charge in [0.05, 0.1) is 6.33 Å². The predicted octanol–water partition coefficient (Wildman–Crippen LogP) is 0.120. The van der Waals surface area contributed by atoms with Gasteiger partial charge in [0.1, 0.15) is 18.4 Å². The number of hydrogen-bond acceptors (Lipinski definition) is 6. The lowest BCUT2D eigenvalue weighted by atomic mass is 10.1. The molecule has 1 aliphatic rings. The third kappa shape index (κ3) is 3.96. The van der Waals surface area contributed by atoms with E-state index < -0.39 is 0 Å². The van der Waals surface area contributed by atoms with Crippen LogP contribution in [-0.4, -0.2) is 44.6 Å². The molecule has 1 atom stereocenters. The van der Waals surface area contributed by atoms with Gasteiger partial charge in [-0.2, -0.15) is 0 Å². The molecule has 0 spiro atoms. The Labute approximate surface area is 140 Å². The minimum absolute atomic E-state index is 0. The highest BCUT2D eigenvalue weighted by Gasteiger charge is 2.16. The minimum Gasteiger partial charge on any atom is -0.382 e. The molecule has 1 saturated heterocycles. The quantitative estimate of drug-likeness (QED) is 0.727. The summed E-state index contributed by atoms with van der Waals surface area (Å²) in [6, 6.07) is 0.200. The topological polar surface area (TPSA) is 111 Å². The van der Waals surface area contributed by atoms with Gasteiger partial charge < -0.3 is 20.9 Å². The first kappa shape index (κ1) is 18.4. The summed E-state index contributed by atoms with van der Waals surface area (Å²) in [4.78, 5) is 24.2. The van der Waals surface area contributed by atoms with Gasteiger partial charge in [0.25, 0.3) is 0 Å². The molecule has 1 aliphatic heterocycles. The molecule has 0 bridgehead atoms. The molecule has 22 heavy (non-hydrogen) atoms. The molecule has 8 nitrogen and oxygen atoms in total. The number of halogens is 2. The molecular weight excluding hydrogens is 329 g/mol. The van der Waals surface area contributed by atoms with Crippen molar-refractivity contribution in [3.8, 4) is 0 Å². The van der Waals surface area contributed by atoms with Gasteiger partial charge in [-0.1, -0.05) is 0 Å². The van der Waals surface area contributed by atoms with Crippen LogP contribution >= 0.6 is 24.8 Å². The summed E-state index contributed by atoms with van der Waals surface area (Å²) in [5, 5.41) is 6.28. The van der Waals surface area contributed by atoms with Gasteiger partial charge in [0, 0.05) is 12.6 Å². The third-order valence-electron chi connectivity index (χ3n) is 3.41. The average Bonchev–Trinajstić information content (AvgIpc) is 2.84. The molecule has 0 aliphatic carbocycles. The number of fused-ring (bicyclic) bond motifs is 1. The maximum Gasteiger partial charge on any atom is 0.240 e. The summed E-state index contributed by atoms with van der Waals surface area (Å²) in [5.74, 6) is 0.279. The fourth-order valence-electron chi connectivity index (χ4n) is 2.42. The lowest BCUT2D eigenvalue weighted by molar-refractivity contribution is -0.122. The van der Waals surface area contributed by atoms with E-state index in [0.29, 0.717) is 17.0 Å². The molecule has 0 saturated carbocycles. The highest BCUT2D eigenvalue weighted by atomic mass is 35.5. The first-order chi connectivity index (χ1) is 9.74. The van der Waals surface area contributed by atoms with Gasteiger partial charge in [-0.3, -0.25) is 4.79 Å². The second-order valence-electron chi connectivity index (χ2n) is 4.91. The van der Waals surface area contributed by atoms with E-state index in [1.54, 1.807) is 10.9 Å².